The third-order valence-electron chi connectivity index (χ3n) is 12.5. The number of Topliss-reactive ketones (excluding diaryl/α,β-unsaturated/α-hetero) is 1. The number of para-hydroxylation sites is 1. The number of carbonyl (C=O) groups excluding carboxylic acids is 7. The predicted molar refractivity (Wildman–Crippen MR) is 263 cm³/mol. The van der Waals surface area contributed by atoms with Gasteiger partial charge in [0.25, 0.3) is 5.91 Å². The van der Waals surface area contributed by atoms with Crippen molar-refractivity contribution < 1.29 is 80.0 Å². The molecule has 0 bridgehead atoms. The van der Waals surface area contributed by atoms with E-state index in [0.717, 1.165) is 38.0 Å². The summed E-state index contributed by atoms with van der Waals surface area (Å²) < 4.78 is 74.7. The van der Waals surface area contributed by atoms with Crippen molar-refractivity contribution in [2.45, 2.75) is 62.4 Å². The maximum absolute atomic E-state index is 15.0. The van der Waals surface area contributed by atoms with Gasteiger partial charge in [0.15, 0.2) is 11.2 Å². The van der Waals surface area contributed by atoms with Gasteiger partial charge in [-0.15, -0.1) is 0 Å². The summed E-state index contributed by atoms with van der Waals surface area (Å²) in [4.78, 5) is 126. The van der Waals surface area contributed by atoms with Crippen molar-refractivity contribution in [3.8, 4) is 28.2 Å². The molecule has 1 aliphatic carbocycles. The van der Waals surface area contributed by atoms with Crippen molar-refractivity contribution in [3.63, 3.8) is 0 Å². The number of nitrogens with one attached hydrogen (secondary N) is 5. The van der Waals surface area contributed by atoms with E-state index in [1.165, 1.54) is 79.3 Å². The molecule has 25 heteroatoms. The number of carboxylic acid groups (broad SMARTS) is 1. The van der Waals surface area contributed by atoms with Crippen LogP contribution in [0.4, 0.5) is 17.6 Å². The lowest BCUT2D eigenvalue weighted by molar-refractivity contribution is -0.144. The van der Waals surface area contributed by atoms with E-state index in [1.54, 1.807) is 0 Å². The molecule has 4 atom stereocenters. The summed E-state index contributed by atoms with van der Waals surface area (Å²) in [5.74, 6) is -9.74. The second-order valence-electron chi connectivity index (χ2n) is 17.5. The normalized spacial score (nSPS) is 13.0. The van der Waals surface area contributed by atoms with Crippen molar-refractivity contribution in [3.05, 3.63) is 130 Å². The van der Waals surface area contributed by atoms with E-state index in [9.17, 15) is 57.8 Å². The van der Waals surface area contributed by atoms with Gasteiger partial charge < -0.3 is 54.9 Å². The molecule has 0 spiro atoms. The number of amides is 4. The molecule has 2 aliphatic rings. The van der Waals surface area contributed by atoms with E-state index < -0.39 is 144 Å². The fourth-order valence-electron chi connectivity index (χ4n) is 8.79. The number of fused-ring (bicyclic) bond motifs is 3. The Bertz CT molecular complexity index is 3460. The van der Waals surface area contributed by atoms with E-state index in [4.69, 9.17) is 9.15 Å². The lowest BCUT2D eigenvalue weighted by Crippen LogP contribution is -2.58. The van der Waals surface area contributed by atoms with Crippen LogP contribution in [-0.4, -0.2) is 117 Å². The van der Waals surface area contributed by atoms with Gasteiger partial charge in [0.2, 0.25) is 17.7 Å². The number of aromatic nitrogens is 3. The maximum Gasteiger partial charge on any atom is 0.431 e. The number of carboxylic acids is 1. The summed E-state index contributed by atoms with van der Waals surface area (Å²) in [7, 11) is 3.15. The van der Waals surface area contributed by atoms with Gasteiger partial charge in [-0.3, -0.25) is 38.4 Å². The van der Waals surface area contributed by atoms with Gasteiger partial charge in [0.05, 0.1) is 32.5 Å². The van der Waals surface area contributed by atoms with Gasteiger partial charge in [0.1, 0.15) is 53.6 Å². The lowest BCUT2D eigenvalue weighted by Gasteiger charge is -2.26. The van der Waals surface area contributed by atoms with Crippen LogP contribution in [-0.2, 0) is 64.3 Å². The maximum atomic E-state index is 15.0. The number of rotatable bonds is 21. The summed E-state index contributed by atoms with van der Waals surface area (Å²) in [6.07, 6.45) is -5.86. The van der Waals surface area contributed by atoms with E-state index in [0.29, 0.717) is 0 Å². The summed E-state index contributed by atoms with van der Waals surface area (Å²) in [5.41, 5.74) is -2.22. The first-order valence-electron chi connectivity index (χ1n) is 23.2. The van der Waals surface area contributed by atoms with Crippen LogP contribution in [0, 0.1) is 0 Å². The molecule has 21 nitrogen and oxygen atoms in total. The van der Waals surface area contributed by atoms with Crippen molar-refractivity contribution in [1.82, 2.24) is 35.8 Å². The number of hydrogen-bond acceptors (Lipinski definition) is 14. The first kappa shape index (κ1) is 55.3. The molecule has 4 amide bonds. The Hall–Kier alpha value is -9.42. The summed E-state index contributed by atoms with van der Waals surface area (Å²) in [6.45, 7) is -1.61. The molecule has 3 aromatic carbocycles. The van der Waals surface area contributed by atoms with E-state index in [-0.39, 0.29) is 55.8 Å². The monoisotopic (exact) mass is 1070 g/mol. The number of ketones is 1. The minimum Gasteiger partial charge on any atom is -0.508 e. The van der Waals surface area contributed by atoms with Gasteiger partial charge in [0, 0.05) is 83.3 Å². The Morgan fingerprint density at radius 1 is 0.779 bits per heavy atom. The number of phenolic OH excluding ortho intramolecular Hbond substituents is 1. The Kier molecular flexibility index (Phi) is 16.8. The van der Waals surface area contributed by atoms with Crippen molar-refractivity contribution in [1.29, 1.82) is 0 Å². The largest absolute Gasteiger partial charge is 0.508 e. The zero-order chi connectivity index (χ0) is 55.9. The average Bonchev–Trinajstić information content (AvgIpc) is 4.03. The zero-order valence-corrected chi connectivity index (χ0v) is 40.9. The molecule has 0 fully saturated rings. The third-order valence-corrected chi connectivity index (χ3v) is 12.5. The number of nitrogens with zero attached hydrogens (tertiary/aromatic N) is 2. The van der Waals surface area contributed by atoms with Crippen LogP contribution in [0.2, 0.25) is 0 Å². The standard InChI is InChI=1S/C52H47F4N7O14/c1-63-39-7-5-4-6-29(39)33(46(63)52(54,55)56)20-38(61-47(69)25-8-11-30(34(16-25)51(73)74)45-31-12-9-27(64)18-41(31)77-42-19-28(65)10-13-32(42)45)50(72)59-35(14-15-43(67)75-2)48(70)62-37(17-26-23-57-24-58-26)49(71)60-36(40(66)22-53)21-44(68)76-3/h4-13,16,18-19,23-24,35-38,64H,14-15,17,20-22H2,1-3H3,(H,57,58)(H,59,72)(H,60,71)(H,61,69)(H,62,70)(H,73,74). The van der Waals surface area contributed by atoms with Gasteiger partial charge in [-0.25, -0.2) is 14.2 Å². The Morgan fingerprint density at radius 3 is 2.10 bits per heavy atom. The molecule has 1 aliphatic heterocycles. The van der Waals surface area contributed by atoms with Crippen LogP contribution in [0.5, 0.6) is 5.75 Å². The predicted octanol–water partition coefficient (Wildman–Crippen LogP) is 4.30. The van der Waals surface area contributed by atoms with Crippen LogP contribution in [0.3, 0.4) is 0 Å². The van der Waals surface area contributed by atoms with Crippen LogP contribution in [0.15, 0.2) is 101 Å². The second-order valence-corrected chi connectivity index (χ2v) is 17.5. The van der Waals surface area contributed by atoms with Gasteiger partial charge in [-0.1, -0.05) is 24.3 Å². The molecule has 0 radical (unpaired) electrons. The molecule has 2 aromatic heterocycles. The molecule has 3 heterocycles. The minimum absolute atomic E-state index is 0.00368. The quantitative estimate of drug-likeness (QED) is 0.0300. The summed E-state index contributed by atoms with van der Waals surface area (Å²) in [6, 6.07) is 9.43. The van der Waals surface area contributed by atoms with Crippen LogP contribution >= 0.6 is 0 Å². The molecule has 0 saturated heterocycles. The molecule has 7 N–H and O–H groups in total. The molecule has 7 rings (SSSR count). The first-order chi connectivity index (χ1) is 36.6. The van der Waals surface area contributed by atoms with Crippen LogP contribution in [0.1, 0.15) is 56.9 Å². The molecular weight excluding hydrogens is 1020 g/mol. The molecule has 402 valence electrons. The number of H-pyrrole nitrogens is 1. The van der Waals surface area contributed by atoms with Gasteiger partial charge >= 0.3 is 24.1 Å². The number of aromatic hydroxyl groups is 1. The number of halogens is 4. The molecule has 4 unspecified atom stereocenters. The highest BCUT2D eigenvalue weighted by molar-refractivity contribution is 6.09. The third kappa shape index (κ3) is 12.6. The molecule has 0 saturated carbocycles. The highest BCUT2D eigenvalue weighted by Gasteiger charge is 2.41. The average molecular weight is 1070 g/mol. The molecule has 5 aromatic rings. The number of phenols is 1. The Labute approximate surface area is 432 Å². The van der Waals surface area contributed by atoms with Crippen molar-refractivity contribution >= 4 is 69.2 Å². The minimum atomic E-state index is -5.05. The van der Waals surface area contributed by atoms with Crippen molar-refractivity contribution in [2.75, 3.05) is 20.9 Å². The highest BCUT2D eigenvalue weighted by atomic mass is 19.4. The molecular formula is C52H47F4N7O14. The van der Waals surface area contributed by atoms with E-state index in [2.05, 4.69) is 36.0 Å². The SMILES string of the molecule is COC(=O)CCC(NC(=O)C(Cc1c(C(F)(F)F)n(C)c2ccccc12)NC(=O)c1ccc(-c2c3ccc(=O)cc-3oc3cc(O)ccc23)c(C(=O)O)c1)C(=O)NC(Cc1cnc[nH]1)C(=O)NC(CC(=O)OC)C(=O)CF. The number of alkyl halides is 4. The van der Waals surface area contributed by atoms with E-state index >= 15 is 13.2 Å². The number of esters is 2. The van der Waals surface area contributed by atoms with E-state index in [1.807, 2.05) is 0 Å². The fourth-order valence-corrected chi connectivity index (χ4v) is 8.79. The number of aromatic carboxylic acids is 1. The highest BCUT2D eigenvalue weighted by Crippen LogP contribution is 2.42. The van der Waals surface area contributed by atoms with Crippen LogP contribution < -0.4 is 26.7 Å². The summed E-state index contributed by atoms with van der Waals surface area (Å²) in [5, 5.41) is 30.5. The molecule has 77 heavy (non-hydrogen) atoms. The van der Waals surface area contributed by atoms with Crippen molar-refractivity contribution in [2.24, 2.45) is 7.05 Å². The number of ether oxygens (including phenoxy) is 2. The smallest absolute Gasteiger partial charge is 0.431 e. The van der Waals surface area contributed by atoms with Crippen LogP contribution in [0.25, 0.3) is 44.3 Å². The first-order valence-corrected chi connectivity index (χ1v) is 23.2. The topological polar surface area (TPSA) is 307 Å². The second kappa shape index (κ2) is 23.4. The fraction of sp³-hybridized carbons (Fsp3) is 0.269. The Morgan fingerprint density at radius 2 is 1.44 bits per heavy atom. The number of aryl methyl sites for hydroxylation is 1. The number of hydrogen-bond donors (Lipinski definition) is 7. The number of methoxy groups -OCH3 is 2. The summed E-state index contributed by atoms with van der Waals surface area (Å²) >= 11 is 0. The number of benzene rings is 4. The number of carbonyl (C=O) groups is 8. The van der Waals surface area contributed by atoms with Gasteiger partial charge in [-0.05, 0) is 60.0 Å². The number of imidazole rings is 1. The lowest BCUT2D eigenvalue weighted by atomic mass is 9.89. The van der Waals surface area contributed by atoms with Gasteiger partial charge in [-0.2, -0.15) is 13.2 Å². The Balaban J connectivity index is 1.28. The zero-order valence-electron chi connectivity index (χ0n) is 40.9. The number of aromatic amines is 1.